The van der Waals surface area contributed by atoms with Gasteiger partial charge in [-0.3, -0.25) is 0 Å². The van der Waals surface area contributed by atoms with Crippen molar-refractivity contribution in [3.63, 3.8) is 0 Å². The molecule has 1 aromatic carbocycles. The van der Waals surface area contributed by atoms with Crippen LogP contribution in [0, 0.1) is 25.2 Å². The third-order valence-electron chi connectivity index (χ3n) is 4.87. The summed E-state index contributed by atoms with van der Waals surface area (Å²) in [5.41, 5.74) is 5.86. The van der Waals surface area contributed by atoms with Crippen LogP contribution in [0.5, 0.6) is 0 Å². The summed E-state index contributed by atoms with van der Waals surface area (Å²) in [6.07, 6.45) is 8.00. The highest BCUT2D eigenvalue weighted by Crippen LogP contribution is 2.50. The third-order valence-corrected chi connectivity index (χ3v) is 4.87. The molecule has 2 unspecified atom stereocenters. The van der Waals surface area contributed by atoms with E-state index in [0.717, 1.165) is 6.54 Å². The lowest BCUT2D eigenvalue weighted by Crippen LogP contribution is -2.25. The zero-order chi connectivity index (χ0) is 13.6. The van der Waals surface area contributed by atoms with E-state index in [1.54, 1.807) is 0 Å². The molecule has 0 amide bonds. The lowest BCUT2D eigenvalue weighted by Gasteiger charge is -2.32. The molecule has 19 heavy (non-hydrogen) atoms. The van der Waals surface area contributed by atoms with Crippen molar-refractivity contribution in [2.45, 2.75) is 34.1 Å². The lowest BCUT2D eigenvalue weighted by atomic mass is 9.74. The number of allylic oxidation sites excluding steroid dienone is 4. The molecule has 0 N–H and O–H groups in total. The molecule has 1 heteroatoms. The van der Waals surface area contributed by atoms with Crippen LogP contribution in [0.3, 0.4) is 0 Å². The summed E-state index contributed by atoms with van der Waals surface area (Å²) in [4.78, 5) is 2.52. The lowest BCUT2D eigenvalue weighted by molar-refractivity contribution is 0.311. The highest BCUT2D eigenvalue weighted by molar-refractivity contribution is 5.59. The maximum Gasteiger partial charge on any atom is 0.0413 e. The number of anilines is 1. The van der Waals surface area contributed by atoms with Crippen LogP contribution in [0.1, 0.15) is 31.4 Å². The van der Waals surface area contributed by atoms with E-state index in [0.29, 0.717) is 11.3 Å². The summed E-state index contributed by atoms with van der Waals surface area (Å²) >= 11 is 0. The Morgan fingerprint density at radius 2 is 1.84 bits per heavy atom. The number of hydrogen-bond acceptors (Lipinski definition) is 1. The summed E-state index contributed by atoms with van der Waals surface area (Å²) in [6, 6.07) is 6.87. The van der Waals surface area contributed by atoms with E-state index in [1.807, 2.05) is 0 Å². The van der Waals surface area contributed by atoms with Gasteiger partial charge in [-0.1, -0.05) is 32.1 Å². The van der Waals surface area contributed by atoms with Crippen LogP contribution in [-0.2, 0) is 0 Å². The van der Waals surface area contributed by atoms with Gasteiger partial charge >= 0.3 is 0 Å². The van der Waals surface area contributed by atoms with Crippen LogP contribution in [0.25, 0.3) is 0 Å². The molecule has 0 aromatic heterocycles. The van der Waals surface area contributed by atoms with Crippen molar-refractivity contribution in [1.29, 1.82) is 0 Å². The zero-order valence-electron chi connectivity index (χ0n) is 12.4. The fraction of sp³-hybridized carbons (Fsp3) is 0.444. The van der Waals surface area contributed by atoms with E-state index >= 15 is 0 Å². The first-order valence-corrected chi connectivity index (χ1v) is 7.24. The molecule has 2 aliphatic rings. The molecular formula is C18H23N. The topological polar surface area (TPSA) is 3.24 Å². The van der Waals surface area contributed by atoms with E-state index in [2.05, 4.69) is 69.0 Å². The van der Waals surface area contributed by atoms with Crippen molar-refractivity contribution in [3.05, 3.63) is 53.3 Å². The molecule has 1 aliphatic heterocycles. The Hall–Kier alpha value is -1.50. The predicted octanol–water partition coefficient (Wildman–Crippen LogP) is 4.61. The first-order valence-electron chi connectivity index (χ1n) is 7.24. The Kier molecular flexibility index (Phi) is 2.81. The van der Waals surface area contributed by atoms with Gasteiger partial charge in [0, 0.05) is 23.3 Å². The summed E-state index contributed by atoms with van der Waals surface area (Å²) in [7, 11) is 0. The molecule has 2 atom stereocenters. The minimum absolute atomic E-state index is 0.312. The molecule has 0 saturated carbocycles. The Balaban J connectivity index is 2.06. The smallest absolute Gasteiger partial charge is 0.0413 e. The summed E-state index contributed by atoms with van der Waals surface area (Å²) in [5, 5.41) is 0. The van der Waals surface area contributed by atoms with E-state index in [1.165, 1.54) is 28.9 Å². The fourth-order valence-corrected chi connectivity index (χ4v) is 3.54. The van der Waals surface area contributed by atoms with Crippen molar-refractivity contribution in [3.8, 4) is 0 Å². The maximum atomic E-state index is 2.52. The maximum absolute atomic E-state index is 2.52. The highest BCUT2D eigenvalue weighted by Gasteiger charge is 2.44. The standard InChI is InChI=1S/C18H23N/c1-13-9-14(2)11-16(10-13)19-12-15(3)18(4)8-6-5-7-17(18)19/h5-7,9-11,15H,8,12H2,1-4H3. The highest BCUT2D eigenvalue weighted by atomic mass is 15.2. The first kappa shape index (κ1) is 12.5. The van der Waals surface area contributed by atoms with Gasteiger partial charge in [-0.15, -0.1) is 0 Å². The van der Waals surface area contributed by atoms with Crippen LogP contribution < -0.4 is 4.90 Å². The molecule has 1 saturated heterocycles. The number of fused-ring (bicyclic) bond motifs is 1. The van der Waals surface area contributed by atoms with Gasteiger partial charge < -0.3 is 4.90 Å². The summed E-state index contributed by atoms with van der Waals surface area (Å²) in [5.74, 6) is 0.699. The molecule has 0 bridgehead atoms. The van der Waals surface area contributed by atoms with Crippen molar-refractivity contribution in [1.82, 2.24) is 0 Å². The van der Waals surface area contributed by atoms with Gasteiger partial charge in [-0.2, -0.15) is 0 Å². The van der Waals surface area contributed by atoms with Gasteiger partial charge in [0.1, 0.15) is 0 Å². The fourth-order valence-electron chi connectivity index (χ4n) is 3.54. The Labute approximate surface area is 116 Å². The zero-order valence-corrected chi connectivity index (χ0v) is 12.4. The molecule has 1 fully saturated rings. The van der Waals surface area contributed by atoms with Crippen LogP contribution in [0.4, 0.5) is 5.69 Å². The van der Waals surface area contributed by atoms with Gasteiger partial charge in [0.05, 0.1) is 0 Å². The number of aryl methyl sites for hydroxylation is 2. The molecule has 0 spiro atoms. The molecule has 1 aromatic rings. The Bertz CT molecular complexity index is 547. The predicted molar refractivity (Wildman–Crippen MR) is 82.4 cm³/mol. The molecular weight excluding hydrogens is 230 g/mol. The number of hydrogen-bond donors (Lipinski definition) is 0. The quantitative estimate of drug-likeness (QED) is 0.706. The monoisotopic (exact) mass is 253 g/mol. The van der Waals surface area contributed by atoms with Gasteiger partial charge in [0.25, 0.3) is 0 Å². The minimum Gasteiger partial charge on any atom is -0.344 e. The second-order valence-electron chi connectivity index (χ2n) is 6.46. The molecule has 0 radical (unpaired) electrons. The van der Waals surface area contributed by atoms with Gasteiger partial charge in [0.15, 0.2) is 0 Å². The Morgan fingerprint density at radius 3 is 2.53 bits per heavy atom. The van der Waals surface area contributed by atoms with E-state index < -0.39 is 0 Å². The van der Waals surface area contributed by atoms with Crippen molar-refractivity contribution >= 4 is 5.69 Å². The molecule has 100 valence electrons. The number of benzene rings is 1. The van der Waals surface area contributed by atoms with Gasteiger partial charge in [0.2, 0.25) is 0 Å². The summed E-state index contributed by atoms with van der Waals surface area (Å²) < 4.78 is 0. The van der Waals surface area contributed by atoms with Crippen LogP contribution in [-0.4, -0.2) is 6.54 Å². The van der Waals surface area contributed by atoms with E-state index in [-0.39, 0.29) is 0 Å². The second kappa shape index (κ2) is 4.26. The molecule has 1 aliphatic carbocycles. The molecule has 1 nitrogen and oxygen atoms in total. The van der Waals surface area contributed by atoms with Crippen molar-refractivity contribution < 1.29 is 0 Å². The SMILES string of the molecule is Cc1cc(C)cc(N2CC(C)C3(C)CC=CC=C23)c1. The normalized spacial score (nSPS) is 29.4. The van der Waals surface area contributed by atoms with Crippen LogP contribution in [0.15, 0.2) is 42.1 Å². The minimum atomic E-state index is 0.312. The molecule has 3 rings (SSSR count). The average Bonchev–Trinajstić information content (AvgIpc) is 2.61. The van der Waals surface area contributed by atoms with Crippen LogP contribution >= 0.6 is 0 Å². The van der Waals surface area contributed by atoms with E-state index in [4.69, 9.17) is 0 Å². The third kappa shape index (κ3) is 1.92. The first-order chi connectivity index (χ1) is 9.00. The van der Waals surface area contributed by atoms with Crippen molar-refractivity contribution in [2.24, 2.45) is 11.3 Å². The molecule has 1 heterocycles. The number of nitrogens with zero attached hydrogens (tertiary/aromatic N) is 1. The van der Waals surface area contributed by atoms with Crippen LogP contribution in [0.2, 0.25) is 0 Å². The largest absolute Gasteiger partial charge is 0.344 e. The number of rotatable bonds is 1. The average molecular weight is 253 g/mol. The van der Waals surface area contributed by atoms with Gasteiger partial charge in [-0.25, -0.2) is 0 Å². The Morgan fingerprint density at radius 1 is 1.16 bits per heavy atom. The van der Waals surface area contributed by atoms with Gasteiger partial charge in [-0.05, 0) is 55.5 Å². The van der Waals surface area contributed by atoms with E-state index in [9.17, 15) is 0 Å². The summed E-state index contributed by atoms with van der Waals surface area (Å²) in [6.45, 7) is 10.3. The second-order valence-corrected chi connectivity index (χ2v) is 6.46. The van der Waals surface area contributed by atoms with Crippen molar-refractivity contribution in [2.75, 3.05) is 11.4 Å².